The number of nitrogens with one attached hydrogen (secondary N) is 2. The van der Waals surface area contributed by atoms with Gasteiger partial charge < -0.3 is 10.6 Å². The molecule has 0 aliphatic rings. The van der Waals surface area contributed by atoms with Crippen molar-refractivity contribution in [3.63, 3.8) is 0 Å². The molecule has 144 valence electrons. The van der Waals surface area contributed by atoms with Crippen molar-refractivity contribution in [2.75, 3.05) is 13.1 Å². The summed E-state index contributed by atoms with van der Waals surface area (Å²) in [6.07, 6.45) is 4.46. The molecule has 0 spiro atoms. The van der Waals surface area contributed by atoms with Gasteiger partial charge in [-0.1, -0.05) is 41.9 Å². The lowest BCUT2D eigenvalue weighted by molar-refractivity contribution is 0.798. The van der Waals surface area contributed by atoms with E-state index < -0.39 is 0 Å². The molecule has 0 unspecified atom stereocenters. The molecule has 0 amide bonds. The van der Waals surface area contributed by atoms with Gasteiger partial charge in [0.25, 0.3) is 0 Å². The van der Waals surface area contributed by atoms with Gasteiger partial charge in [0.15, 0.2) is 5.96 Å². The lowest BCUT2D eigenvalue weighted by atomic mass is 10.1. The second kappa shape index (κ2) is 10.4. The Morgan fingerprint density at radius 1 is 1.00 bits per heavy atom. The number of hydrogen-bond acceptors (Lipinski definition) is 3. The summed E-state index contributed by atoms with van der Waals surface area (Å²) in [4.78, 5) is 13.2. The molecule has 3 aromatic rings. The predicted molar refractivity (Wildman–Crippen MR) is 115 cm³/mol. The van der Waals surface area contributed by atoms with Crippen molar-refractivity contribution in [1.82, 2.24) is 20.6 Å². The van der Waals surface area contributed by atoms with Gasteiger partial charge in [0.2, 0.25) is 0 Å². The maximum atomic E-state index is 5.83. The molecule has 0 saturated heterocycles. The first-order chi connectivity index (χ1) is 13.7. The third kappa shape index (κ3) is 6.06. The van der Waals surface area contributed by atoms with Gasteiger partial charge in [-0.3, -0.25) is 4.98 Å². The summed E-state index contributed by atoms with van der Waals surface area (Å²) in [7, 11) is 0. The molecule has 0 aliphatic heterocycles. The highest BCUT2D eigenvalue weighted by atomic mass is 35.5. The van der Waals surface area contributed by atoms with E-state index in [9.17, 15) is 0 Å². The van der Waals surface area contributed by atoms with Gasteiger partial charge in [0.05, 0.1) is 12.2 Å². The Balaban J connectivity index is 1.60. The zero-order valence-electron chi connectivity index (χ0n) is 15.9. The highest BCUT2D eigenvalue weighted by Crippen LogP contribution is 2.18. The highest BCUT2D eigenvalue weighted by Gasteiger charge is 2.02. The summed E-state index contributed by atoms with van der Waals surface area (Å²) >= 11 is 5.83. The smallest absolute Gasteiger partial charge is 0.191 e. The first-order valence-electron chi connectivity index (χ1n) is 9.37. The minimum atomic E-state index is 0.513. The van der Waals surface area contributed by atoms with Crippen molar-refractivity contribution in [2.45, 2.75) is 19.9 Å². The summed E-state index contributed by atoms with van der Waals surface area (Å²) in [6.45, 7) is 4.23. The molecular formula is C22H24ClN5. The molecule has 0 saturated carbocycles. The van der Waals surface area contributed by atoms with E-state index in [1.807, 2.05) is 42.6 Å². The summed E-state index contributed by atoms with van der Waals surface area (Å²) in [5.41, 5.74) is 4.34. The minimum Gasteiger partial charge on any atom is -0.357 e. The fraction of sp³-hybridized carbons (Fsp3) is 0.227. The monoisotopic (exact) mass is 393 g/mol. The molecule has 2 aromatic heterocycles. The van der Waals surface area contributed by atoms with E-state index in [1.165, 1.54) is 0 Å². The number of aliphatic imine (C=N–C) groups is 1. The second-order valence-corrected chi connectivity index (χ2v) is 6.66. The number of nitrogens with zero attached hydrogens (tertiary/aromatic N) is 3. The molecule has 2 heterocycles. The van der Waals surface area contributed by atoms with Crippen LogP contribution in [-0.2, 0) is 13.0 Å². The van der Waals surface area contributed by atoms with Gasteiger partial charge in [0, 0.05) is 31.0 Å². The fourth-order valence-electron chi connectivity index (χ4n) is 2.75. The number of benzene rings is 1. The minimum absolute atomic E-state index is 0.513. The SMILES string of the molecule is CCNC(=NCc1cccc(-c2ccccn2)c1)NCCc1ccc(Cl)nc1. The standard InChI is InChI=1S/C22H24ClN5/c1-2-24-22(26-13-11-17-9-10-21(23)27-15-17)28-16-18-6-5-7-19(14-18)20-8-3-4-12-25-20/h3-10,12,14-15H,2,11,13,16H2,1H3,(H2,24,26,28). The Morgan fingerprint density at radius 2 is 1.93 bits per heavy atom. The number of halogens is 1. The summed E-state index contributed by atoms with van der Waals surface area (Å²) in [6, 6.07) is 18.1. The van der Waals surface area contributed by atoms with Crippen molar-refractivity contribution in [2.24, 2.45) is 4.99 Å². The van der Waals surface area contributed by atoms with Crippen LogP contribution in [0.5, 0.6) is 0 Å². The number of pyridine rings is 2. The molecular weight excluding hydrogens is 370 g/mol. The molecule has 3 rings (SSSR count). The topological polar surface area (TPSA) is 62.2 Å². The van der Waals surface area contributed by atoms with Crippen LogP contribution in [0.3, 0.4) is 0 Å². The van der Waals surface area contributed by atoms with Crippen molar-refractivity contribution >= 4 is 17.6 Å². The summed E-state index contributed by atoms with van der Waals surface area (Å²) in [5.74, 6) is 0.799. The van der Waals surface area contributed by atoms with E-state index in [-0.39, 0.29) is 0 Å². The van der Waals surface area contributed by atoms with E-state index in [1.54, 1.807) is 6.20 Å². The molecule has 1 aromatic carbocycles. The quantitative estimate of drug-likeness (QED) is 0.360. The van der Waals surface area contributed by atoms with Crippen LogP contribution in [0.1, 0.15) is 18.1 Å². The highest BCUT2D eigenvalue weighted by molar-refractivity contribution is 6.29. The summed E-state index contributed by atoms with van der Waals surface area (Å²) < 4.78 is 0. The summed E-state index contributed by atoms with van der Waals surface area (Å²) in [5, 5.41) is 7.16. The lowest BCUT2D eigenvalue weighted by Crippen LogP contribution is -2.38. The molecule has 0 atom stereocenters. The molecule has 0 aliphatic carbocycles. The number of rotatable bonds is 7. The zero-order chi connectivity index (χ0) is 19.6. The third-order valence-electron chi connectivity index (χ3n) is 4.15. The van der Waals surface area contributed by atoms with Crippen molar-refractivity contribution in [3.8, 4) is 11.3 Å². The number of aromatic nitrogens is 2. The maximum absolute atomic E-state index is 5.83. The average Bonchev–Trinajstić information content (AvgIpc) is 2.74. The van der Waals surface area contributed by atoms with Crippen LogP contribution in [-0.4, -0.2) is 29.0 Å². The van der Waals surface area contributed by atoms with Crippen molar-refractivity contribution < 1.29 is 0 Å². The maximum Gasteiger partial charge on any atom is 0.191 e. The average molecular weight is 394 g/mol. The number of hydrogen-bond donors (Lipinski definition) is 2. The Hall–Kier alpha value is -2.92. The van der Waals surface area contributed by atoms with Crippen LogP contribution in [0.15, 0.2) is 72.0 Å². The van der Waals surface area contributed by atoms with Crippen LogP contribution in [0.2, 0.25) is 5.15 Å². The second-order valence-electron chi connectivity index (χ2n) is 6.28. The Kier molecular flexibility index (Phi) is 7.38. The normalized spacial score (nSPS) is 11.3. The van der Waals surface area contributed by atoms with E-state index in [4.69, 9.17) is 16.6 Å². The van der Waals surface area contributed by atoms with E-state index >= 15 is 0 Å². The first-order valence-corrected chi connectivity index (χ1v) is 9.75. The van der Waals surface area contributed by atoms with Crippen LogP contribution < -0.4 is 10.6 Å². The van der Waals surface area contributed by atoms with Gasteiger partial charge in [-0.2, -0.15) is 0 Å². The Bertz CT molecular complexity index is 894. The molecule has 0 fully saturated rings. The Morgan fingerprint density at radius 3 is 2.68 bits per heavy atom. The van der Waals surface area contributed by atoms with Crippen LogP contribution in [0.4, 0.5) is 0 Å². The van der Waals surface area contributed by atoms with E-state index in [0.717, 1.165) is 47.9 Å². The molecule has 2 N–H and O–H groups in total. The molecule has 28 heavy (non-hydrogen) atoms. The van der Waals surface area contributed by atoms with Crippen LogP contribution in [0.25, 0.3) is 11.3 Å². The van der Waals surface area contributed by atoms with E-state index in [0.29, 0.717) is 11.7 Å². The molecule has 0 bridgehead atoms. The lowest BCUT2D eigenvalue weighted by Gasteiger charge is -2.11. The third-order valence-corrected chi connectivity index (χ3v) is 4.37. The fourth-order valence-corrected chi connectivity index (χ4v) is 2.87. The van der Waals surface area contributed by atoms with Gasteiger partial charge >= 0.3 is 0 Å². The van der Waals surface area contributed by atoms with E-state index in [2.05, 4.69) is 45.7 Å². The largest absolute Gasteiger partial charge is 0.357 e. The Labute approximate surface area is 170 Å². The van der Waals surface area contributed by atoms with Crippen molar-refractivity contribution in [3.05, 3.63) is 83.3 Å². The predicted octanol–water partition coefficient (Wildman–Crippen LogP) is 4.09. The van der Waals surface area contributed by atoms with Crippen molar-refractivity contribution in [1.29, 1.82) is 0 Å². The van der Waals surface area contributed by atoms with Gasteiger partial charge in [-0.25, -0.2) is 9.98 Å². The van der Waals surface area contributed by atoms with Crippen LogP contribution >= 0.6 is 11.6 Å². The van der Waals surface area contributed by atoms with Gasteiger partial charge in [-0.15, -0.1) is 0 Å². The first kappa shape index (κ1) is 19.8. The van der Waals surface area contributed by atoms with Gasteiger partial charge in [0.1, 0.15) is 5.15 Å². The zero-order valence-corrected chi connectivity index (χ0v) is 16.7. The molecule has 0 radical (unpaired) electrons. The molecule has 5 nitrogen and oxygen atoms in total. The van der Waals surface area contributed by atoms with Gasteiger partial charge in [-0.05, 0) is 48.7 Å². The van der Waals surface area contributed by atoms with Crippen LogP contribution in [0, 0.1) is 0 Å². The molecule has 6 heteroatoms. The number of guanidine groups is 1.